The number of likely N-dealkylation sites (tertiary alicyclic amines) is 1. The van der Waals surface area contributed by atoms with Crippen molar-refractivity contribution in [2.45, 2.75) is 52.0 Å². The zero-order chi connectivity index (χ0) is 25.1. The predicted octanol–water partition coefficient (Wildman–Crippen LogP) is 4.73. The number of halogens is 1. The summed E-state index contributed by atoms with van der Waals surface area (Å²) in [6.45, 7) is 7.43. The molecular weight excluding hydrogens is 476 g/mol. The normalized spacial score (nSPS) is 16.7. The standard InChI is InChI=1S/C27H35ClN6O2/c1-2-3-5-14-33-24(30-15-17-32(18-16-30)27(36)31-12-6-4-7-13-31)19-25(35)34-20-23(29-26(33)34)21-8-10-22(28)11-9-21/h8-11,19-20H,2-7,12-18H2,1H3. The van der Waals surface area contributed by atoms with Crippen LogP contribution in [0.1, 0.15) is 45.4 Å². The number of anilines is 1. The molecule has 0 aliphatic carbocycles. The van der Waals surface area contributed by atoms with E-state index in [1.165, 1.54) is 6.42 Å². The van der Waals surface area contributed by atoms with Crippen LogP contribution in [0.3, 0.4) is 0 Å². The number of rotatable bonds is 6. The van der Waals surface area contributed by atoms with E-state index in [0.717, 1.165) is 68.8 Å². The first-order valence-electron chi connectivity index (χ1n) is 13.2. The van der Waals surface area contributed by atoms with Gasteiger partial charge in [0, 0.05) is 68.7 Å². The Balaban J connectivity index is 1.42. The average molecular weight is 511 g/mol. The largest absolute Gasteiger partial charge is 0.354 e. The first-order valence-corrected chi connectivity index (χ1v) is 13.6. The van der Waals surface area contributed by atoms with E-state index < -0.39 is 0 Å². The molecular formula is C27H35ClN6O2. The second-order valence-corrected chi connectivity index (χ2v) is 10.2. The highest BCUT2D eigenvalue weighted by Gasteiger charge is 2.28. The summed E-state index contributed by atoms with van der Waals surface area (Å²) in [6, 6.07) is 9.42. The summed E-state index contributed by atoms with van der Waals surface area (Å²) in [5.74, 6) is 1.55. The van der Waals surface area contributed by atoms with Gasteiger partial charge < -0.3 is 14.7 Å². The minimum Gasteiger partial charge on any atom is -0.354 e. The predicted molar refractivity (Wildman–Crippen MR) is 144 cm³/mol. The van der Waals surface area contributed by atoms with Crippen LogP contribution in [-0.2, 0) is 6.54 Å². The molecule has 2 fully saturated rings. The van der Waals surface area contributed by atoms with Gasteiger partial charge in [-0.25, -0.2) is 9.78 Å². The molecule has 0 unspecified atom stereocenters. The molecule has 2 aliphatic heterocycles. The summed E-state index contributed by atoms with van der Waals surface area (Å²) in [7, 11) is 0. The van der Waals surface area contributed by atoms with Crippen molar-refractivity contribution in [2.75, 3.05) is 44.2 Å². The van der Waals surface area contributed by atoms with Crippen LogP contribution < -0.4 is 10.5 Å². The summed E-state index contributed by atoms with van der Waals surface area (Å²) >= 11 is 6.07. The van der Waals surface area contributed by atoms with Crippen LogP contribution >= 0.6 is 11.6 Å². The van der Waals surface area contributed by atoms with Gasteiger partial charge in [-0.2, -0.15) is 0 Å². The Labute approximate surface area is 217 Å². The molecule has 0 spiro atoms. The van der Waals surface area contributed by atoms with Crippen molar-refractivity contribution in [1.29, 1.82) is 0 Å². The number of benzene rings is 1. The lowest BCUT2D eigenvalue weighted by Crippen LogP contribution is -2.54. The molecule has 3 aromatic rings. The Bertz CT molecular complexity index is 1250. The number of fused-ring (bicyclic) bond motifs is 1. The zero-order valence-corrected chi connectivity index (χ0v) is 21.8. The van der Waals surface area contributed by atoms with E-state index >= 15 is 0 Å². The van der Waals surface area contributed by atoms with Gasteiger partial charge in [0.2, 0.25) is 5.78 Å². The number of nitrogens with zero attached hydrogens (tertiary/aromatic N) is 6. The molecule has 5 rings (SSSR count). The van der Waals surface area contributed by atoms with Crippen molar-refractivity contribution >= 4 is 29.2 Å². The molecule has 0 N–H and O–H groups in total. The molecule has 0 radical (unpaired) electrons. The number of hydrogen-bond acceptors (Lipinski definition) is 4. The molecule has 0 atom stereocenters. The number of urea groups is 1. The minimum absolute atomic E-state index is 0.0914. The van der Waals surface area contributed by atoms with E-state index in [-0.39, 0.29) is 11.6 Å². The highest BCUT2D eigenvalue weighted by Crippen LogP contribution is 2.24. The van der Waals surface area contributed by atoms with E-state index in [4.69, 9.17) is 16.6 Å². The summed E-state index contributed by atoms with van der Waals surface area (Å²) in [4.78, 5) is 37.3. The van der Waals surface area contributed by atoms with E-state index in [1.54, 1.807) is 10.5 Å². The van der Waals surface area contributed by atoms with Crippen molar-refractivity contribution in [1.82, 2.24) is 23.8 Å². The SMILES string of the molecule is CCCCCn1c(N2CCN(C(=O)N3CCCCC3)CC2)cc(=O)n2cc(-c3ccc(Cl)cc3)nc12. The van der Waals surface area contributed by atoms with Crippen LogP contribution in [0.25, 0.3) is 17.0 Å². The molecule has 2 amide bonds. The molecule has 2 aromatic heterocycles. The van der Waals surface area contributed by atoms with Gasteiger partial charge in [0.05, 0.1) is 5.69 Å². The minimum atomic E-state index is -0.0914. The third kappa shape index (κ3) is 5.09. The molecule has 4 heterocycles. The molecule has 0 saturated carbocycles. The number of hydrogen-bond donors (Lipinski definition) is 0. The topological polar surface area (TPSA) is 66.1 Å². The fourth-order valence-electron chi connectivity index (χ4n) is 5.25. The van der Waals surface area contributed by atoms with Gasteiger partial charge in [0.15, 0.2) is 0 Å². The van der Waals surface area contributed by atoms with Crippen molar-refractivity contribution in [3.63, 3.8) is 0 Å². The Morgan fingerprint density at radius 2 is 1.64 bits per heavy atom. The van der Waals surface area contributed by atoms with E-state index in [9.17, 15) is 9.59 Å². The van der Waals surface area contributed by atoms with Gasteiger partial charge >= 0.3 is 6.03 Å². The van der Waals surface area contributed by atoms with Crippen LogP contribution in [-0.4, -0.2) is 69.1 Å². The summed E-state index contributed by atoms with van der Waals surface area (Å²) < 4.78 is 3.83. The molecule has 0 bridgehead atoms. The lowest BCUT2D eigenvalue weighted by atomic mass is 10.1. The highest BCUT2D eigenvalue weighted by molar-refractivity contribution is 6.30. The van der Waals surface area contributed by atoms with Crippen molar-refractivity contribution in [2.24, 2.45) is 0 Å². The van der Waals surface area contributed by atoms with Crippen LogP contribution in [0, 0.1) is 0 Å². The van der Waals surface area contributed by atoms with Crippen molar-refractivity contribution in [3.05, 3.63) is 51.9 Å². The van der Waals surface area contributed by atoms with Crippen LogP contribution in [0.15, 0.2) is 41.3 Å². The molecule has 2 saturated heterocycles. The fourth-order valence-corrected chi connectivity index (χ4v) is 5.38. The van der Waals surface area contributed by atoms with Gasteiger partial charge in [-0.1, -0.05) is 43.5 Å². The fraction of sp³-hybridized carbons (Fsp3) is 0.519. The zero-order valence-electron chi connectivity index (χ0n) is 21.0. The third-order valence-electron chi connectivity index (χ3n) is 7.32. The Morgan fingerprint density at radius 3 is 2.33 bits per heavy atom. The second-order valence-electron chi connectivity index (χ2n) is 9.81. The number of imidazole rings is 1. The van der Waals surface area contributed by atoms with Crippen molar-refractivity contribution in [3.8, 4) is 11.3 Å². The summed E-state index contributed by atoms with van der Waals surface area (Å²) in [5.41, 5.74) is 1.59. The van der Waals surface area contributed by atoms with Gasteiger partial charge in [-0.05, 0) is 37.8 Å². The van der Waals surface area contributed by atoms with Crippen LogP contribution in [0.4, 0.5) is 10.6 Å². The van der Waals surface area contributed by atoms with Crippen LogP contribution in [0.2, 0.25) is 5.02 Å². The molecule has 2 aliphatic rings. The van der Waals surface area contributed by atoms with Gasteiger partial charge in [-0.15, -0.1) is 0 Å². The first-order chi connectivity index (χ1) is 17.5. The number of carbonyl (C=O) groups excluding carboxylic acids is 1. The highest BCUT2D eigenvalue weighted by atomic mass is 35.5. The molecule has 36 heavy (non-hydrogen) atoms. The molecule has 8 nitrogen and oxygen atoms in total. The third-order valence-corrected chi connectivity index (χ3v) is 7.57. The average Bonchev–Trinajstić information content (AvgIpc) is 3.37. The lowest BCUT2D eigenvalue weighted by Gasteiger charge is -2.40. The number of unbranched alkanes of at least 4 members (excludes halogenated alkanes) is 2. The molecule has 1 aromatic carbocycles. The van der Waals surface area contributed by atoms with E-state index in [1.807, 2.05) is 40.3 Å². The molecule has 9 heteroatoms. The van der Waals surface area contributed by atoms with Gasteiger partial charge in [-0.3, -0.25) is 13.8 Å². The maximum absolute atomic E-state index is 13.2. The lowest BCUT2D eigenvalue weighted by molar-refractivity contribution is 0.141. The molecule has 192 valence electrons. The number of aromatic nitrogens is 3. The second kappa shape index (κ2) is 10.9. The quantitative estimate of drug-likeness (QED) is 0.449. The number of carbonyl (C=O) groups is 1. The number of amides is 2. The monoisotopic (exact) mass is 510 g/mol. The Kier molecular flexibility index (Phi) is 7.51. The van der Waals surface area contributed by atoms with E-state index in [2.05, 4.69) is 16.4 Å². The van der Waals surface area contributed by atoms with E-state index in [0.29, 0.717) is 37.0 Å². The number of piperazine rings is 1. The maximum Gasteiger partial charge on any atom is 0.320 e. The Morgan fingerprint density at radius 1 is 0.944 bits per heavy atom. The Hall–Kier alpha value is -3.00. The first kappa shape index (κ1) is 24.7. The van der Waals surface area contributed by atoms with Crippen LogP contribution in [0.5, 0.6) is 0 Å². The summed E-state index contributed by atoms with van der Waals surface area (Å²) in [5, 5.41) is 0.668. The number of aryl methyl sites for hydroxylation is 1. The summed E-state index contributed by atoms with van der Waals surface area (Å²) in [6.07, 6.45) is 8.46. The maximum atomic E-state index is 13.2. The number of piperidine rings is 1. The van der Waals surface area contributed by atoms with Gasteiger partial charge in [0.25, 0.3) is 5.56 Å². The van der Waals surface area contributed by atoms with Crippen molar-refractivity contribution < 1.29 is 4.79 Å². The smallest absolute Gasteiger partial charge is 0.320 e. The van der Waals surface area contributed by atoms with Gasteiger partial charge in [0.1, 0.15) is 5.82 Å².